The van der Waals surface area contributed by atoms with Crippen LogP contribution in [0.25, 0.3) is 0 Å². The van der Waals surface area contributed by atoms with Crippen LogP contribution in [0.1, 0.15) is 11.1 Å². The molecule has 0 saturated heterocycles. The van der Waals surface area contributed by atoms with Crippen molar-refractivity contribution in [3.05, 3.63) is 35.4 Å². The lowest BCUT2D eigenvalue weighted by Gasteiger charge is -2.21. The minimum Gasteiger partial charge on any atom is -0.383 e. The smallest absolute Gasteiger partial charge is 0.0589 e. The Hall–Kier alpha value is -0.380. The van der Waals surface area contributed by atoms with Gasteiger partial charge in [0.2, 0.25) is 0 Å². The summed E-state index contributed by atoms with van der Waals surface area (Å²) >= 11 is 3.49. The second-order valence-corrected chi connectivity index (χ2v) is 4.74. The van der Waals surface area contributed by atoms with Crippen molar-refractivity contribution >= 4 is 15.9 Å². The molecule has 0 heterocycles. The summed E-state index contributed by atoms with van der Waals surface area (Å²) in [5.41, 5.74) is 2.69. The van der Waals surface area contributed by atoms with E-state index >= 15 is 0 Å². The summed E-state index contributed by atoms with van der Waals surface area (Å²) in [5, 5.41) is 1.00. The summed E-state index contributed by atoms with van der Waals surface area (Å²) in [6.07, 6.45) is 0. The number of alkyl halides is 1. The topological polar surface area (TPSA) is 12.5 Å². The first-order chi connectivity index (χ1) is 7.76. The zero-order valence-electron chi connectivity index (χ0n) is 10.1. The van der Waals surface area contributed by atoms with Gasteiger partial charge in [-0.15, -0.1) is 0 Å². The summed E-state index contributed by atoms with van der Waals surface area (Å²) in [7, 11) is 1.75. The standard InChI is InChI=1S/C13H20BrNO/c1-12-4-3-5-13(10-12)11-15(7-6-14)8-9-16-2/h3-5,10H,6-9,11H2,1-2H3. The lowest BCUT2D eigenvalue weighted by Crippen LogP contribution is -2.28. The van der Waals surface area contributed by atoms with Crippen LogP contribution in [0.3, 0.4) is 0 Å². The molecule has 0 fully saturated rings. The highest BCUT2D eigenvalue weighted by Gasteiger charge is 2.04. The third-order valence-electron chi connectivity index (χ3n) is 2.50. The summed E-state index contributed by atoms with van der Waals surface area (Å²) in [6, 6.07) is 8.68. The van der Waals surface area contributed by atoms with Crippen LogP contribution in [0, 0.1) is 6.92 Å². The summed E-state index contributed by atoms with van der Waals surface area (Å²) in [6.45, 7) is 5.95. The van der Waals surface area contributed by atoms with Crippen molar-refractivity contribution in [1.29, 1.82) is 0 Å². The van der Waals surface area contributed by atoms with E-state index in [1.165, 1.54) is 11.1 Å². The summed E-state index contributed by atoms with van der Waals surface area (Å²) in [5.74, 6) is 0. The van der Waals surface area contributed by atoms with Gasteiger partial charge in [-0.25, -0.2) is 0 Å². The molecular formula is C13H20BrNO. The molecule has 0 unspecified atom stereocenters. The molecule has 0 atom stereocenters. The molecule has 0 aliphatic carbocycles. The van der Waals surface area contributed by atoms with Gasteiger partial charge in [0.25, 0.3) is 0 Å². The first-order valence-corrected chi connectivity index (χ1v) is 6.71. The molecule has 0 spiro atoms. The third kappa shape index (κ3) is 5.10. The summed E-state index contributed by atoms with van der Waals surface area (Å²) in [4.78, 5) is 2.40. The first-order valence-electron chi connectivity index (χ1n) is 5.59. The van der Waals surface area contributed by atoms with Gasteiger partial charge in [0.05, 0.1) is 6.61 Å². The Bertz CT molecular complexity index is 304. The highest BCUT2D eigenvalue weighted by molar-refractivity contribution is 9.09. The van der Waals surface area contributed by atoms with Crippen LogP contribution >= 0.6 is 15.9 Å². The predicted molar refractivity (Wildman–Crippen MR) is 72.1 cm³/mol. The van der Waals surface area contributed by atoms with Crippen molar-refractivity contribution in [2.24, 2.45) is 0 Å². The van der Waals surface area contributed by atoms with Crippen molar-refractivity contribution in [3.8, 4) is 0 Å². The lowest BCUT2D eigenvalue weighted by atomic mass is 10.1. The van der Waals surface area contributed by atoms with Gasteiger partial charge in [0.1, 0.15) is 0 Å². The number of hydrogen-bond acceptors (Lipinski definition) is 2. The molecule has 0 amide bonds. The van der Waals surface area contributed by atoms with Crippen LogP contribution in [-0.4, -0.2) is 37.0 Å². The average molecular weight is 286 g/mol. The fourth-order valence-corrected chi connectivity index (χ4v) is 2.18. The van der Waals surface area contributed by atoms with Crippen LogP contribution in [0.4, 0.5) is 0 Å². The van der Waals surface area contributed by atoms with Gasteiger partial charge < -0.3 is 4.74 Å². The number of nitrogens with zero attached hydrogens (tertiary/aromatic N) is 1. The molecule has 0 bridgehead atoms. The van der Waals surface area contributed by atoms with E-state index in [0.717, 1.165) is 31.6 Å². The Morgan fingerprint density at radius 1 is 1.31 bits per heavy atom. The van der Waals surface area contributed by atoms with Crippen molar-refractivity contribution in [3.63, 3.8) is 0 Å². The van der Waals surface area contributed by atoms with E-state index in [-0.39, 0.29) is 0 Å². The minimum atomic E-state index is 0.790. The molecule has 0 radical (unpaired) electrons. The van der Waals surface area contributed by atoms with E-state index in [4.69, 9.17) is 4.74 Å². The van der Waals surface area contributed by atoms with E-state index in [0.29, 0.717) is 0 Å². The number of aryl methyl sites for hydroxylation is 1. The first kappa shape index (κ1) is 13.7. The van der Waals surface area contributed by atoms with Gasteiger partial charge >= 0.3 is 0 Å². The van der Waals surface area contributed by atoms with E-state index in [1.54, 1.807) is 7.11 Å². The van der Waals surface area contributed by atoms with Gasteiger partial charge in [0, 0.05) is 32.1 Å². The fraction of sp³-hybridized carbons (Fsp3) is 0.538. The molecule has 1 rings (SSSR count). The predicted octanol–water partition coefficient (Wildman–Crippen LogP) is 2.84. The third-order valence-corrected chi connectivity index (χ3v) is 2.86. The Labute approximate surface area is 107 Å². The number of hydrogen-bond donors (Lipinski definition) is 0. The molecule has 2 nitrogen and oxygen atoms in total. The maximum Gasteiger partial charge on any atom is 0.0589 e. The van der Waals surface area contributed by atoms with Gasteiger partial charge in [0.15, 0.2) is 0 Å². The highest BCUT2D eigenvalue weighted by Crippen LogP contribution is 2.07. The van der Waals surface area contributed by atoms with Crippen molar-refractivity contribution in [1.82, 2.24) is 4.90 Å². The number of halogens is 1. The molecule has 16 heavy (non-hydrogen) atoms. The largest absolute Gasteiger partial charge is 0.383 e. The SMILES string of the molecule is COCCN(CCBr)Cc1cccc(C)c1. The second kappa shape index (κ2) is 7.82. The van der Waals surface area contributed by atoms with Gasteiger partial charge in [-0.05, 0) is 12.5 Å². The second-order valence-electron chi connectivity index (χ2n) is 3.95. The monoisotopic (exact) mass is 285 g/mol. The molecule has 1 aromatic rings. The zero-order chi connectivity index (χ0) is 11.8. The molecule has 3 heteroatoms. The lowest BCUT2D eigenvalue weighted by molar-refractivity contribution is 0.148. The molecule has 0 saturated carbocycles. The van der Waals surface area contributed by atoms with E-state index in [2.05, 4.69) is 52.0 Å². The Morgan fingerprint density at radius 3 is 2.75 bits per heavy atom. The van der Waals surface area contributed by atoms with Crippen molar-refractivity contribution in [2.45, 2.75) is 13.5 Å². The summed E-state index contributed by atoms with van der Waals surface area (Å²) < 4.78 is 5.12. The Morgan fingerprint density at radius 2 is 2.12 bits per heavy atom. The fourth-order valence-electron chi connectivity index (χ4n) is 1.68. The van der Waals surface area contributed by atoms with Crippen molar-refractivity contribution in [2.75, 3.05) is 32.1 Å². The number of rotatable bonds is 7. The Kier molecular flexibility index (Phi) is 6.69. The number of benzene rings is 1. The average Bonchev–Trinajstić information content (AvgIpc) is 2.26. The number of ether oxygens (including phenoxy) is 1. The maximum absolute atomic E-state index is 5.12. The Balaban J connectivity index is 2.52. The molecule has 0 aromatic heterocycles. The molecule has 1 aromatic carbocycles. The molecule has 0 aliphatic heterocycles. The van der Waals surface area contributed by atoms with E-state index in [1.807, 2.05) is 0 Å². The van der Waals surface area contributed by atoms with Gasteiger partial charge in [-0.1, -0.05) is 45.8 Å². The minimum absolute atomic E-state index is 0.790. The van der Waals surface area contributed by atoms with Crippen LogP contribution in [0.5, 0.6) is 0 Å². The van der Waals surface area contributed by atoms with Gasteiger partial charge in [-0.3, -0.25) is 4.90 Å². The van der Waals surface area contributed by atoms with Crippen LogP contribution in [0.15, 0.2) is 24.3 Å². The van der Waals surface area contributed by atoms with E-state index in [9.17, 15) is 0 Å². The van der Waals surface area contributed by atoms with Crippen LogP contribution < -0.4 is 0 Å². The molecule has 90 valence electrons. The van der Waals surface area contributed by atoms with Crippen LogP contribution in [-0.2, 0) is 11.3 Å². The molecule has 0 aliphatic rings. The van der Waals surface area contributed by atoms with Crippen LogP contribution in [0.2, 0.25) is 0 Å². The van der Waals surface area contributed by atoms with Gasteiger partial charge in [-0.2, -0.15) is 0 Å². The zero-order valence-corrected chi connectivity index (χ0v) is 11.7. The number of methoxy groups -OCH3 is 1. The van der Waals surface area contributed by atoms with Crippen molar-refractivity contribution < 1.29 is 4.74 Å². The molecular weight excluding hydrogens is 266 g/mol. The van der Waals surface area contributed by atoms with E-state index < -0.39 is 0 Å². The maximum atomic E-state index is 5.12. The highest BCUT2D eigenvalue weighted by atomic mass is 79.9. The normalized spacial score (nSPS) is 11.0. The molecule has 0 N–H and O–H groups in total. The quantitative estimate of drug-likeness (QED) is 0.715.